The first-order valence-corrected chi connectivity index (χ1v) is 8.73. The Morgan fingerprint density at radius 2 is 2.04 bits per heavy atom. The minimum Gasteiger partial charge on any atom is -0.379 e. The lowest BCUT2D eigenvalue weighted by molar-refractivity contribution is 0.0376. The van der Waals surface area contributed by atoms with Crippen molar-refractivity contribution in [1.82, 2.24) is 15.5 Å². The fraction of sp³-hybridized carbons (Fsp3) is 0.588. The highest BCUT2D eigenvalue weighted by Crippen LogP contribution is 2.15. The Morgan fingerprint density at radius 3 is 2.78 bits per heavy atom. The molecule has 2 N–H and O–H groups in total. The summed E-state index contributed by atoms with van der Waals surface area (Å²) in [4.78, 5) is 7.05. The predicted molar refractivity (Wildman–Crippen MR) is 96.1 cm³/mol. The summed E-state index contributed by atoms with van der Waals surface area (Å²) >= 11 is 6.17. The Morgan fingerprint density at radius 1 is 1.26 bits per heavy atom. The van der Waals surface area contributed by atoms with Crippen LogP contribution in [-0.4, -0.2) is 56.8 Å². The SMILES string of the molecule is CCNC(=NCc1ccccc1Cl)NCCCN1CCOCC1. The van der Waals surface area contributed by atoms with Gasteiger partial charge >= 0.3 is 0 Å². The number of nitrogens with zero attached hydrogens (tertiary/aromatic N) is 2. The minimum absolute atomic E-state index is 0.582. The fourth-order valence-electron chi connectivity index (χ4n) is 2.47. The third kappa shape index (κ3) is 6.77. The molecule has 2 rings (SSSR count). The molecule has 1 aliphatic heterocycles. The monoisotopic (exact) mass is 338 g/mol. The van der Waals surface area contributed by atoms with Gasteiger partial charge in [0.2, 0.25) is 0 Å². The Bertz CT molecular complexity index is 489. The molecule has 5 nitrogen and oxygen atoms in total. The van der Waals surface area contributed by atoms with Gasteiger partial charge in [0, 0.05) is 31.2 Å². The largest absolute Gasteiger partial charge is 0.379 e. The number of aliphatic imine (C=N–C) groups is 1. The van der Waals surface area contributed by atoms with Crippen molar-refractivity contribution < 1.29 is 4.74 Å². The highest BCUT2D eigenvalue weighted by molar-refractivity contribution is 6.31. The molecule has 1 saturated heterocycles. The number of guanidine groups is 1. The third-order valence-electron chi connectivity index (χ3n) is 3.76. The number of morpholine rings is 1. The quantitative estimate of drug-likeness (QED) is 0.454. The normalized spacial score (nSPS) is 16.3. The maximum atomic E-state index is 6.17. The molecule has 1 fully saturated rings. The van der Waals surface area contributed by atoms with Crippen molar-refractivity contribution in [3.8, 4) is 0 Å². The molecule has 0 unspecified atom stereocenters. The van der Waals surface area contributed by atoms with E-state index in [1.807, 2.05) is 24.3 Å². The fourth-order valence-corrected chi connectivity index (χ4v) is 2.66. The zero-order valence-electron chi connectivity index (χ0n) is 13.9. The van der Waals surface area contributed by atoms with E-state index >= 15 is 0 Å². The molecular formula is C17H27ClN4O. The van der Waals surface area contributed by atoms with Crippen LogP contribution in [0.25, 0.3) is 0 Å². The van der Waals surface area contributed by atoms with Gasteiger partial charge in [-0.2, -0.15) is 0 Å². The zero-order chi connectivity index (χ0) is 16.3. The Kier molecular flexibility index (Phi) is 8.21. The molecule has 23 heavy (non-hydrogen) atoms. The van der Waals surface area contributed by atoms with Gasteiger partial charge in [0.15, 0.2) is 5.96 Å². The number of nitrogens with one attached hydrogen (secondary N) is 2. The van der Waals surface area contributed by atoms with Crippen LogP contribution in [0, 0.1) is 0 Å². The molecule has 128 valence electrons. The van der Waals surface area contributed by atoms with Crippen LogP contribution in [0.15, 0.2) is 29.3 Å². The zero-order valence-corrected chi connectivity index (χ0v) is 14.6. The van der Waals surface area contributed by atoms with Crippen LogP contribution in [0.2, 0.25) is 5.02 Å². The van der Waals surface area contributed by atoms with E-state index in [9.17, 15) is 0 Å². The first-order chi connectivity index (χ1) is 11.3. The first kappa shape index (κ1) is 18.0. The number of benzene rings is 1. The van der Waals surface area contributed by atoms with Crippen molar-refractivity contribution in [3.05, 3.63) is 34.9 Å². The molecule has 0 atom stereocenters. The van der Waals surface area contributed by atoms with E-state index in [2.05, 4.69) is 27.4 Å². The molecule has 0 radical (unpaired) electrons. The lowest BCUT2D eigenvalue weighted by Gasteiger charge is -2.26. The second-order valence-electron chi connectivity index (χ2n) is 5.52. The van der Waals surface area contributed by atoms with Gasteiger partial charge in [0.1, 0.15) is 0 Å². The summed E-state index contributed by atoms with van der Waals surface area (Å²) in [7, 11) is 0. The highest BCUT2D eigenvalue weighted by atomic mass is 35.5. The van der Waals surface area contributed by atoms with Gasteiger partial charge in [-0.15, -0.1) is 0 Å². The number of ether oxygens (including phenoxy) is 1. The average molecular weight is 339 g/mol. The van der Waals surface area contributed by atoms with Crippen molar-refractivity contribution in [3.63, 3.8) is 0 Å². The molecule has 0 spiro atoms. The summed E-state index contributed by atoms with van der Waals surface area (Å²) in [6, 6.07) is 7.83. The van der Waals surface area contributed by atoms with Gasteiger partial charge in [-0.05, 0) is 31.5 Å². The van der Waals surface area contributed by atoms with Gasteiger partial charge in [-0.25, -0.2) is 4.99 Å². The van der Waals surface area contributed by atoms with Crippen molar-refractivity contribution in [1.29, 1.82) is 0 Å². The Balaban J connectivity index is 1.74. The Hall–Kier alpha value is -1.30. The standard InChI is InChI=1S/C17H27ClN4O/c1-2-19-17(21-14-15-6-3-4-7-16(15)18)20-8-5-9-22-10-12-23-13-11-22/h3-4,6-7H,2,5,8-14H2,1H3,(H2,19,20,21). The lowest BCUT2D eigenvalue weighted by atomic mass is 10.2. The number of rotatable bonds is 7. The predicted octanol–water partition coefficient (Wildman–Crippen LogP) is 2.12. The molecule has 0 amide bonds. The molecule has 6 heteroatoms. The lowest BCUT2D eigenvalue weighted by Crippen LogP contribution is -2.40. The molecule has 0 bridgehead atoms. The maximum absolute atomic E-state index is 6.17. The summed E-state index contributed by atoms with van der Waals surface area (Å²) in [5.74, 6) is 0.842. The van der Waals surface area contributed by atoms with E-state index < -0.39 is 0 Å². The first-order valence-electron chi connectivity index (χ1n) is 8.35. The summed E-state index contributed by atoms with van der Waals surface area (Å²) in [5.41, 5.74) is 1.04. The number of hydrogen-bond donors (Lipinski definition) is 2. The Labute approximate surface area is 144 Å². The summed E-state index contributed by atoms with van der Waals surface area (Å²) in [6.45, 7) is 9.30. The van der Waals surface area contributed by atoms with E-state index in [0.717, 1.165) is 68.9 Å². The van der Waals surface area contributed by atoms with Gasteiger partial charge in [-0.3, -0.25) is 4.90 Å². The molecule has 0 saturated carbocycles. The summed E-state index contributed by atoms with van der Waals surface area (Å²) in [6.07, 6.45) is 1.09. The van der Waals surface area contributed by atoms with Crippen molar-refractivity contribution >= 4 is 17.6 Å². The van der Waals surface area contributed by atoms with Crippen molar-refractivity contribution in [2.75, 3.05) is 45.9 Å². The van der Waals surface area contributed by atoms with Crippen LogP contribution in [0.5, 0.6) is 0 Å². The third-order valence-corrected chi connectivity index (χ3v) is 4.13. The van der Waals surface area contributed by atoms with E-state index in [4.69, 9.17) is 16.3 Å². The van der Waals surface area contributed by atoms with E-state index in [1.54, 1.807) is 0 Å². The second-order valence-corrected chi connectivity index (χ2v) is 5.93. The average Bonchev–Trinajstić information content (AvgIpc) is 2.58. The summed E-state index contributed by atoms with van der Waals surface area (Å²) < 4.78 is 5.36. The molecular weight excluding hydrogens is 312 g/mol. The smallest absolute Gasteiger partial charge is 0.191 e. The molecule has 1 heterocycles. The van der Waals surface area contributed by atoms with Crippen LogP contribution in [-0.2, 0) is 11.3 Å². The summed E-state index contributed by atoms with van der Waals surface area (Å²) in [5, 5.41) is 7.42. The molecule has 0 aromatic heterocycles. The topological polar surface area (TPSA) is 48.9 Å². The van der Waals surface area contributed by atoms with Gasteiger partial charge < -0.3 is 15.4 Å². The number of hydrogen-bond acceptors (Lipinski definition) is 3. The van der Waals surface area contributed by atoms with Crippen LogP contribution < -0.4 is 10.6 Å². The van der Waals surface area contributed by atoms with Crippen LogP contribution in [0.4, 0.5) is 0 Å². The maximum Gasteiger partial charge on any atom is 0.191 e. The molecule has 0 aliphatic carbocycles. The van der Waals surface area contributed by atoms with Crippen molar-refractivity contribution in [2.24, 2.45) is 4.99 Å². The van der Waals surface area contributed by atoms with Gasteiger partial charge in [0.05, 0.1) is 19.8 Å². The van der Waals surface area contributed by atoms with Crippen LogP contribution in [0.1, 0.15) is 18.9 Å². The molecule has 1 aromatic rings. The second kappa shape index (κ2) is 10.5. The van der Waals surface area contributed by atoms with Crippen LogP contribution >= 0.6 is 11.6 Å². The molecule has 1 aromatic carbocycles. The van der Waals surface area contributed by atoms with Crippen molar-refractivity contribution in [2.45, 2.75) is 19.9 Å². The highest BCUT2D eigenvalue weighted by Gasteiger charge is 2.09. The number of halogens is 1. The van der Waals surface area contributed by atoms with Crippen LogP contribution in [0.3, 0.4) is 0 Å². The van der Waals surface area contributed by atoms with E-state index in [-0.39, 0.29) is 0 Å². The molecule has 1 aliphatic rings. The minimum atomic E-state index is 0.582. The van der Waals surface area contributed by atoms with Gasteiger partial charge in [0.25, 0.3) is 0 Å². The van der Waals surface area contributed by atoms with Gasteiger partial charge in [-0.1, -0.05) is 29.8 Å². The van der Waals surface area contributed by atoms with E-state index in [0.29, 0.717) is 6.54 Å². The van der Waals surface area contributed by atoms with E-state index in [1.165, 1.54) is 0 Å².